The van der Waals surface area contributed by atoms with Gasteiger partial charge in [-0.15, -0.1) is 0 Å². The van der Waals surface area contributed by atoms with Crippen molar-refractivity contribution in [2.24, 2.45) is 0 Å². The molecule has 0 spiro atoms. The van der Waals surface area contributed by atoms with Crippen molar-refractivity contribution in [3.8, 4) is 5.75 Å². The van der Waals surface area contributed by atoms with Crippen LogP contribution >= 0.6 is 0 Å². The van der Waals surface area contributed by atoms with Crippen LogP contribution in [-0.4, -0.2) is 60.5 Å². The zero-order valence-corrected chi connectivity index (χ0v) is 18.4. The largest absolute Gasteiger partial charge is 0.493 e. The molecule has 0 aromatic heterocycles. The van der Waals surface area contributed by atoms with Gasteiger partial charge in [-0.3, -0.25) is 9.59 Å². The van der Waals surface area contributed by atoms with Crippen LogP contribution in [0.2, 0.25) is 0 Å². The van der Waals surface area contributed by atoms with Crippen LogP contribution in [0.4, 0.5) is 0 Å². The topological polar surface area (TPSA) is 85.3 Å². The maximum Gasteiger partial charge on any atom is 0.303 e. The molecule has 0 bridgehead atoms. The number of carbonyl (C=O) groups excluding carboxylic acids is 1. The molecular weight excluding hydrogens is 386 g/mol. The standard InChI is InChI=1S/C23H35NO6/c1-18(2)24(22(27)23(28-3)12-15-29-16-13-23)17-19-9-6-7-10-20(19)30-14-8-4-5-11-21(25)26/h6-7,9-10,18H,4-5,8,11-17H2,1-3H3,(H,25,26). The first-order valence-electron chi connectivity index (χ1n) is 10.8. The van der Waals surface area contributed by atoms with Crippen molar-refractivity contribution in [3.05, 3.63) is 29.8 Å². The number of carboxylic acid groups (broad SMARTS) is 1. The number of benzene rings is 1. The number of nitrogens with zero attached hydrogens (tertiary/aromatic N) is 1. The maximum atomic E-state index is 13.5. The lowest BCUT2D eigenvalue weighted by atomic mass is 9.91. The molecule has 1 fully saturated rings. The van der Waals surface area contributed by atoms with Gasteiger partial charge >= 0.3 is 5.97 Å². The Bertz CT molecular complexity index is 684. The molecule has 1 saturated heterocycles. The molecule has 0 saturated carbocycles. The van der Waals surface area contributed by atoms with Gasteiger partial charge in [-0.05, 0) is 39.2 Å². The lowest BCUT2D eigenvalue weighted by molar-refractivity contribution is -0.168. The molecule has 1 aromatic rings. The number of hydrogen-bond acceptors (Lipinski definition) is 5. The highest BCUT2D eigenvalue weighted by molar-refractivity contribution is 5.85. The highest BCUT2D eigenvalue weighted by Gasteiger charge is 2.43. The van der Waals surface area contributed by atoms with Gasteiger partial charge in [-0.2, -0.15) is 0 Å². The second-order valence-corrected chi connectivity index (χ2v) is 8.00. The van der Waals surface area contributed by atoms with E-state index in [1.807, 2.05) is 43.0 Å². The maximum absolute atomic E-state index is 13.5. The van der Waals surface area contributed by atoms with E-state index >= 15 is 0 Å². The van der Waals surface area contributed by atoms with E-state index in [1.165, 1.54) is 0 Å². The molecule has 1 aliphatic rings. The Morgan fingerprint density at radius 3 is 2.50 bits per heavy atom. The van der Waals surface area contributed by atoms with E-state index in [1.54, 1.807) is 7.11 Å². The van der Waals surface area contributed by atoms with Crippen molar-refractivity contribution in [3.63, 3.8) is 0 Å². The minimum Gasteiger partial charge on any atom is -0.493 e. The zero-order chi connectivity index (χ0) is 22.0. The minimum absolute atomic E-state index is 0.00762. The Kier molecular flexibility index (Phi) is 9.59. The number of rotatable bonds is 12. The van der Waals surface area contributed by atoms with Crippen molar-refractivity contribution in [2.45, 2.75) is 70.6 Å². The third-order valence-corrected chi connectivity index (χ3v) is 5.57. The molecule has 1 aromatic carbocycles. The molecule has 0 unspecified atom stereocenters. The number of para-hydroxylation sites is 1. The Hall–Kier alpha value is -2.12. The van der Waals surface area contributed by atoms with E-state index in [-0.39, 0.29) is 18.4 Å². The van der Waals surface area contributed by atoms with Crippen LogP contribution in [0.3, 0.4) is 0 Å². The fourth-order valence-corrected chi connectivity index (χ4v) is 3.65. The molecule has 1 amide bonds. The average Bonchev–Trinajstić information content (AvgIpc) is 2.74. The normalized spacial score (nSPS) is 15.7. The van der Waals surface area contributed by atoms with Gasteiger partial charge in [0.15, 0.2) is 5.60 Å². The average molecular weight is 422 g/mol. The van der Waals surface area contributed by atoms with Crippen molar-refractivity contribution in [1.82, 2.24) is 4.90 Å². The molecular formula is C23H35NO6. The van der Waals surface area contributed by atoms with E-state index < -0.39 is 11.6 Å². The summed E-state index contributed by atoms with van der Waals surface area (Å²) in [6.07, 6.45) is 3.55. The van der Waals surface area contributed by atoms with Gasteiger partial charge in [0.1, 0.15) is 5.75 Å². The van der Waals surface area contributed by atoms with E-state index in [4.69, 9.17) is 19.3 Å². The Balaban J connectivity index is 2.03. The number of methoxy groups -OCH3 is 1. The highest BCUT2D eigenvalue weighted by atomic mass is 16.5. The molecule has 168 valence electrons. The second-order valence-electron chi connectivity index (χ2n) is 8.00. The molecule has 7 heteroatoms. The molecule has 1 aliphatic heterocycles. The number of aliphatic carboxylic acids is 1. The molecule has 2 rings (SSSR count). The summed E-state index contributed by atoms with van der Waals surface area (Å²) in [5, 5.41) is 8.71. The molecule has 0 atom stereocenters. The fraction of sp³-hybridized carbons (Fsp3) is 0.652. The summed E-state index contributed by atoms with van der Waals surface area (Å²) >= 11 is 0. The molecule has 0 aliphatic carbocycles. The predicted octanol–water partition coefficient (Wildman–Crippen LogP) is 3.64. The predicted molar refractivity (Wildman–Crippen MR) is 114 cm³/mol. The minimum atomic E-state index is -0.831. The third-order valence-electron chi connectivity index (χ3n) is 5.57. The number of hydrogen-bond donors (Lipinski definition) is 1. The van der Waals surface area contributed by atoms with E-state index in [2.05, 4.69) is 0 Å². The van der Waals surface area contributed by atoms with Gasteiger partial charge in [0.2, 0.25) is 0 Å². The molecule has 30 heavy (non-hydrogen) atoms. The summed E-state index contributed by atoms with van der Waals surface area (Å²) in [6, 6.07) is 7.76. The smallest absolute Gasteiger partial charge is 0.303 e. The molecule has 0 radical (unpaired) electrons. The van der Waals surface area contributed by atoms with Crippen molar-refractivity contribution < 1.29 is 28.9 Å². The lowest BCUT2D eigenvalue weighted by Crippen LogP contribution is -2.54. The zero-order valence-electron chi connectivity index (χ0n) is 18.4. The lowest BCUT2D eigenvalue weighted by Gasteiger charge is -2.40. The van der Waals surface area contributed by atoms with Crippen LogP contribution < -0.4 is 4.74 Å². The number of ether oxygens (including phenoxy) is 3. The Labute approximate surface area is 179 Å². The fourth-order valence-electron chi connectivity index (χ4n) is 3.65. The third kappa shape index (κ3) is 6.71. The first kappa shape index (κ1) is 24.2. The van der Waals surface area contributed by atoms with E-state index in [0.29, 0.717) is 45.6 Å². The van der Waals surface area contributed by atoms with E-state index in [0.717, 1.165) is 24.2 Å². The summed E-state index contributed by atoms with van der Waals surface area (Å²) in [5.41, 5.74) is 0.117. The van der Waals surface area contributed by atoms with Gasteiger partial charge in [0, 0.05) is 57.7 Å². The number of carbonyl (C=O) groups is 2. The van der Waals surface area contributed by atoms with Crippen LogP contribution in [0.25, 0.3) is 0 Å². The summed E-state index contributed by atoms with van der Waals surface area (Å²) in [5.74, 6) is -0.0162. The van der Waals surface area contributed by atoms with Crippen molar-refractivity contribution in [1.29, 1.82) is 0 Å². The summed E-state index contributed by atoms with van der Waals surface area (Å²) in [6.45, 7) is 6.02. The van der Waals surface area contributed by atoms with Gasteiger partial charge < -0.3 is 24.2 Å². The first-order chi connectivity index (χ1) is 14.4. The van der Waals surface area contributed by atoms with Gasteiger partial charge in [0.25, 0.3) is 5.91 Å². The molecule has 7 nitrogen and oxygen atoms in total. The second kappa shape index (κ2) is 11.9. The molecule has 1 N–H and O–H groups in total. The summed E-state index contributed by atoms with van der Waals surface area (Å²) < 4.78 is 17.1. The van der Waals surface area contributed by atoms with Crippen LogP contribution in [0.5, 0.6) is 5.75 Å². The van der Waals surface area contributed by atoms with Crippen LogP contribution in [0, 0.1) is 0 Å². The van der Waals surface area contributed by atoms with Crippen LogP contribution in [0.1, 0.15) is 57.9 Å². The quantitative estimate of drug-likeness (QED) is 0.519. The number of amides is 1. The number of carboxylic acids is 1. The highest BCUT2D eigenvalue weighted by Crippen LogP contribution is 2.30. The number of unbranched alkanes of at least 4 members (excludes halogenated alkanes) is 2. The van der Waals surface area contributed by atoms with E-state index in [9.17, 15) is 9.59 Å². The Morgan fingerprint density at radius 2 is 1.87 bits per heavy atom. The van der Waals surface area contributed by atoms with Crippen LogP contribution in [-0.2, 0) is 25.6 Å². The monoisotopic (exact) mass is 421 g/mol. The summed E-state index contributed by atoms with van der Waals surface area (Å²) in [7, 11) is 1.60. The SMILES string of the molecule is COC1(C(=O)N(Cc2ccccc2OCCCCCC(=O)O)C(C)C)CCOCC1. The van der Waals surface area contributed by atoms with Gasteiger partial charge in [0.05, 0.1) is 6.61 Å². The summed E-state index contributed by atoms with van der Waals surface area (Å²) in [4.78, 5) is 25.9. The van der Waals surface area contributed by atoms with Gasteiger partial charge in [-0.1, -0.05) is 18.2 Å². The molecule has 1 heterocycles. The van der Waals surface area contributed by atoms with Crippen molar-refractivity contribution >= 4 is 11.9 Å². The first-order valence-corrected chi connectivity index (χ1v) is 10.8. The van der Waals surface area contributed by atoms with Crippen LogP contribution in [0.15, 0.2) is 24.3 Å². The van der Waals surface area contributed by atoms with Crippen molar-refractivity contribution in [2.75, 3.05) is 26.9 Å². The van der Waals surface area contributed by atoms with Gasteiger partial charge in [-0.25, -0.2) is 0 Å². The Morgan fingerprint density at radius 1 is 1.17 bits per heavy atom.